The molecule has 0 bridgehead atoms. The maximum Gasteiger partial charge on any atom is 0.123 e. The fourth-order valence-electron chi connectivity index (χ4n) is 2.80. The molecule has 0 radical (unpaired) electrons. The third-order valence-corrected chi connectivity index (χ3v) is 3.84. The maximum absolute atomic E-state index is 13.5. The molecule has 0 fully saturated rings. The Kier molecular flexibility index (Phi) is 5.10. The van der Waals surface area contributed by atoms with Crippen molar-refractivity contribution in [1.82, 2.24) is 4.90 Å². The molecule has 0 heterocycles. The molecule has 0 aliphatic heterocycles. The van der Waals surface area contributed by atoms with Gasteiger partial charge in [-0.25, -0.2) is 4.39 Å². The molecule has 0 spiro atoms. The zero-order chi connectivity index (χ0) is 15.4. The van der Waals surface area contributed by atoms with Gasteiger partial charge in [-0.1, -0.05) is 36.4 Å². The highest BCUT2D eigenvalue weighted by atomic mass is 19.1. The van der Waals surface area contributed by atoms with Gasteiger partial charge in [0.05, 0.1) is 0 Å². The minimum Gasteiger partial charge on any atom is -0.326 e. The predicted molar refractivity (Wildman–Crippen MR) is 85.4 cm³/mol. The van der Waals surface area contributed by atoms with Crippen LogP contribution in [-0.4, -0.2) is 18.0 Å². The maximum atomic E-state index is 13.5. The molecule has 112 valence electrons. The van der Waals surface area contributed by atoms with Crippen LogP contribution in [0.2, 0.25) is 0 Å². The molecule has 0 saturated carbocycles. The van der Waals surface area contributed by atoms with Crippen molar-refractivity contribution in [2.75, 3.05) is 7.05 Å². The molecule has 3 heteroatoms. The molecule has 0 saturated heterocycles. The highest BCUT2D eigenvalue weighted by Crippen LogP contribution is 2.25. The minimum atomic E-state index is -0.220. The summed E-state index contributed by atoms with van der Waals surface area (Å²) in [6.07, 6.45) is 0. The van der Waals surface area contributed by atoms with Gasteiger partial charge < -0.3 is 5.73 Å². The van der Waals surface area contributed by atoms with Gasteiger partial charge in [-0.05, 0) is 49.7 Å². The summed E-state index contributed by atoms with van der Waals surface area (Å²) in [7, 11) is 2.03. The molecular weight excluding hydrogens is 263 g/mol. The number of hydrogen-bond donors (Lipinski definition) is 1. The highest BCUT2D eigenvalue weighted by molar-refractivity contribution is 5.27. The van der Waals surface area contributed by atoms with E-state index in [1.807, 2.05) is 32.2 Å². The predicted octanol–water partition coefficient (Wildman–Crippen LogP) is 3.65. The Hall–Kier alpha value is -1.71. The van der Waals surface area contributed by atoms with Crippen LogP contribution in [0.15, 0.2) is 48.5 Å². The van der Waals surface area contributed by atoms with Crippen LogP contribution in [0.3, 0.4) is 0 Å². The molecule has 21 heavy (non-hydrogen) atoms. The molecule has 2 aromatic carbocycles. The van der Waals surface area contributed by atoms with E-state index in [1.165, 1.54) is 17.2 Å². The van der Waals surface area contributed by atoms with Crippen LogP contribution in [0.4, 0.5) is 4.39 Å². The Balaban J connectivity index is 2.24. The van der Waals surface area contributed by atoms with E-state index in [9.17, 15) is 4.39 Å². The Labute approximate surface area is 126 Å². The van der Waals surface area contributed by atoms with Crippen LogP contribution in [0.1, 0.15) is 29.7 Å². The van der Waals surface area contributed by atoms with Crippen molar-refractivity contribution in [3.05, 3.63) is 71.0 Å². The van der Waals surface area contributed by atoms with Crippen molar-refractivity contribution < 1.29 is 4.39 Å². The minimum absolute atomic E-state index is 0.0136. The zero-order valence-electron chi connectivity index (χ0n) is 12.9. The number of benzene rings is 2. The average molecular weight is 286 g/mol. The van der Waals surface area contributed by atoms with Crippen LogP contribution in [-0.2, 0) is 6.54 Å². The monoisotopic (exact) mass is 286 g/mol. The standard InChI is InChI=1S/C18H23FN2/c1-13-7-4-5-8-16(13)12-21(3)18(14(2)20)15-9-6-10-17(19)11-15/h4-11,14,18H,12,20H2,1-3H3. The molecule has 0 aromatic heterocycles. The van der Waals surface area contributed by atoms with E-state index in [-0.39, 0.29) is 17.9 Å². The van der Waals surface area contributed by atoms with E-state index in [2.05, 4.69) is 24.0 Å². The molecule has 0 aliphatic rings. The van der Waals surface area contributed by atoms with Gasteiger partial charge in [0.2, 0.25) is 0 Å². The lowest BCUT2D eigenvalue weighted by Gasteiger charge is -2.32. The van der Waals surface area contributed by atoms with Gasteiger partial charge >= 0.3 is 0 Å². The summed E-state index contributed by atoms with van der Waals surface area (Å²) in [4.78, 5) is 2.18. The third-order valence-electron chi connectivity index (χ3n) is 3.84. The summed E-state index contributed by atoms with van der Waals surface area (Å²) < 4.78 is 13.5. The Morgan fingerprint density at radius 3 is 2.48 bits per heavy atom. The van der Waals surface area contributed by atoms with Crippen molar-refractivity contribution in [3.63, 3.8) is 0 Å². The van der Waals surface area contributed by atoms with E-state index >= 15 is 0 Å². The van der Waals surface area contributed by atoms with Gasteiger partial charge in [-0.3, -0.25) is 4.90 Å². The number of aryl methyl sites for hydroxylation is 1. The molecular formula is C18H23FN2. The lowest BCUT2D eigenvalue weighted by Crippen LogP contribution is -2.37. The second-order valence-electron chi connectivity index (χ2n) is 5.70. The number of rotatable bonds is 5. The lowest BCUT2D eigenvalue weighted by atomic mass is 9.98. The lowest BCUT2D eigenvalue weighted by molar-refractivity contribution is 0.210. The average Bonchev–Trinajstić information content (AvgIpc) is 2.41. The summed E-state index contributed by atoms with van der Waals surface area (Å²) in [5.74, 6) is -0.220. The van der Waals surface area contributed by atoms with Gasteiger partial charge in [0.25, 0.3) is 0 Å². The van der Waals surface area contributed by atoms with Crippen LogP contribution in [0, 0.1) is 12.7 Å². The third kappa shape index (κ3) is 3.90. The summed E-state index contributed by atoms with van der Waals surface area (Å²) in [5, 5.41) is 0. The van der Waals surface area contributed by atoms with E-state index in [0.717, 1.165) is 12.1 Å². The van der Waals surface area contributed by atoms with Crippen LogP contribution >= 0.6 is 0 Å². The first-order chi connectivity index (χ1) is 9.99. The first kappa shape index (κ1) is 15.7. The largest absolute Gasteiger partial charge is 0.326 e. The first-order valence-electron chi connectivity index (χ1n) is 7.25. The molecule has 2 rings (SSSR count). The van der Waals surface area contributed by atoms with Gasteiger partial charge in [0.15, 0.2) is 0 Å². The van der Waals surface area contributed by atoms with Crippen molar-refractivity contribution >= 4 is 0 Å². The molecule has 2 unspecified atom stereocenters. The molecule has 2 nitrogen and oxygen atoms in total. The van der Waals surface area contributed by atoms with Gasteiger partial charge in [-0.2, -0.15) is 0 Å². The fraction of sp³-hybridized carbons (Fsp3) is 0.333. The molecule has 0 aliphatic carbocycles. The van der Waals surface area contributed by atoms with Gasteiger partial charge in [0, 0.05) is 18.6 Å². The Morgan fingerprint density at radius 2 is 1.86 bits per heavy atom. The van der Waals surface area contributed by atoms with Crippen molar-refractivity contribution in [2.45, 2.75) is 32.5 Å². The Morgan fingerprint density at radius 1 is 1.14 bits per heavy atom. The molecule has 0 amide bonds. The fourth-order valence-corrected chi connectivity index (χ4v) is 2.80. The van der Waals surface area contributed by atoms with Crippen molar-refractivity contribution in [1.29, 1.82) is 0 Å². The van der Waals surface area contributed by atoms with Gasteiger partial charge in [-0.15, -0.1) is 0 Å². The smallest absolute Gasteiger partial charge is 0.123 e. The Bertz CT molecular complexity index is 595. The first-order valence-corrected chi connectivity index (χ1v) is 7.25. The number of halogens is 1. The SMILES string of the molecule is Cc1ccccc1CN(C)C(c1cccc(F)c1)C(C)N. The van der Waals surface area contributed by atoms with Crippen molar-refractivity contribution in [3.8, 4) is 0 Å². The quantitative estimate of drug-likeness (QED) is 0.909. The van der Waals surface area contributed by atoms with E-state index < -0.39 is 0 Å². The number of nitrogens with zero attached hydrogens (tertiary/aromatic N) is 1. The number of likely N-dealkylation sites (N-methyl/N-ethyl adjacent to an activating group) is 1. The normalized spacial score (nSPS) is 14.2. The van der Waals surface area contributed by atoms with E-state index in [4.69, 9.17) is 5.73 Å². The molecule has 2 N–H and O–H groups in total. The highest BCUT2D eigenvalue weighted by Gasteiger charge is 2.22. The van der Waals surface area contributed by atoms with E-state index in [1.54, 1.807) is 12.1 Å². The summed E-state index contributed by atoms with van der Waals surface area (Å²) in [6.45, 7) is 4.85. The zero-order valence-corrected chi connectivity index (χ0v) is 12.9. The van der Waals surface area contributed by atoms with Crippen LogP contribution in [0.5, 0.6) is 0 Å². The summed E-state index contributed by atoms with van der Waals surface area (Å²) in [5.41, 5.74) is 9.59. The molecule has 2 atom stereocenters. The number of hydrogen-bond acceptors (Lipinski definition) is 2. The molecule has 2 aromatic rings. The second kappa shape index (κ2) is 6.83. The van der Waals surface area contributed by atoms with Gasteiger partial charge in [0.1, 0.15) is 5.82 Å². The summed E-state index contributed by atoms with van der Waals surface area (Å²) in [6, 6.07) is 14.9. The number of nitrogens with two attached hydrogens (primary N) is 1. The summed E-state index contributed by atoms with van der Waals surface area (Å²) >= 11 is 0. The second-order valence-corrected chi connectivity index (χ2v) is 5.70. The van der Waals surface area contributed by atoms with Crippen LogP contribution in [0.25, 0.3) is 0 Å². The van der Waals surface area contributed by atoms with Crippen LogP contribution < -0.4 is 5.73 Å². The topological polar surface area (TPSA) is 29.3 Å². The van der Waals surface area contributed by atoms with Crippen molar-refractivity contribution in [2.24, 2.45) is 5.73 Å². The van der Waals surface area contributed by atoms with E-state index in [0.29, 0.717) is 0 Å².